The predicted molar refractivity (Wildman–Crippen MR) is 80.2 cm³/mol. The van der Waals surface area contributed by atoms with Crippen molar-refractivity contribution in [1.82, 2.24) is 19.7 Å². The second-order valence-corrected chi connectivity index (χ2v) is 4.75. The number of anilines is 1. The molecule has 1 amide bonds. The fourth-order valence-corrected chi connectivity index (χ4v) is 1.93. The third-order valence-electron chi connectivity index (χ3n) is 2.94. The van der Waals surface area contributed by atoms with Gasteiger partial charge in [0, 0.05) is 18.0 Å². The molecule has 0 atom stereocenters. The molecule has 0 saturated heterocycles. The van der Waals surface area contributed by atoms with Gasteiger partial charge in [0.25, 0.3) is 11.9 Å². The molecule has 0 aliphatic heterocycles. The number of hydrogen-bond acceptors (Lipinski definition) is 5. The Morgan fingerprint density at radius 2 is 1.92 bits per heavy atom. The van der Waals surface area contributed by atoms with Gasteiger partial charge in [-0.15, -0.1) is 13.2 Å². The van der Waals surface area contributed by atoms with Crippen LogP contribution in [0.5, 0.6) is 5.75 Å². The third kappa shape index (κ3) is 4.31. The van der Waals surface area contributed by atoms with E-state index in [4.69, 9.17) is 0 Å². The van der Waals surface area contributed by atoms with Gasteiger partial charge in [-0.2, -0.15) is 5.10 Å². The summed E-state index contributed by atoms with van der Waals surface area (Å²) >= 11 is 0. The minimum absolute atomic E-state index is 0.00194. The Balaban J connectivity index is 1.71. The van der Waals surface area contributed by atoms with E-state index in [-0.39, 0.29) is 11.3 Å². The summed E-state index contributed by atoms with van der Waals surface area (Å²) in [5, 5.41) is 6.45. The van der Waals surface area contributed by atoms with Crippen LogP contribution in [0, 0.1) is 0 Å². The van der Waals surface area contributed by atoms with Gasteiger partial charge in [-0.3, -0.25) is 4.79 Å². The number of hydrogen-bond donors (Lipinski definition) is 1. The number of nitrogens with one attached hydrogen (secondary N) is 1. The van der Waals surface area contributed by atoms with Gasteiger partial charge >= 0.3 is 6.36 Å². The highest BCUT2D eigenvalue weighted by Crippen LogP contribution is 2.23. The van der Waals surface area contributed by atoms with Crippen LogP contribution in [-0.2, 0) is 0 Å². The normalized spacial score (nSPS) is 11.2. The molecule has 0 saturated carbocycles. The highest BCUT2D eigenvalue weighted by molar-refractivity contribution is 6.04. The molecule has 10 heteroatoms. The van der Waals surface area contributed by atoms with E-state index in [0.29, 0.717) is 5.95 Å². The first kappa shape index (κ1) is 16.4. The summed E-state index contributed by atoms with van der Waals surface area (Å²) in [6.07, 6.45) is 1.11. The van der Waals surface area contributed by atoms with Gasteiger partial charge in [0.15, 0.2) is 0 Å². The molecular weight excluding hydrogens is 339 g/mol. The maximum absolute atomic E-state index is 12.2. The lowest BCUT2D eigenvalue weighted by molar-refractivity contribution is -0.274. The zero-order chi connectivity index (χ0) is 17.9. The summed E-state index contributed by atoms with van der Waals surface area (Å²) in [6.45, 7) is 0. The quantitative estimate of drug-likeness (QED) is 0.783. The molecule has 0 radical (unpaired) electrons. The molecular formula is C15H10F3N5O2. The van der Waals surface area contributed by atoms with Gasteiger partial charge in [-0.25, -0.2) is 14.6 Å². The molecule has 0 aliphatic carbocycles. The highest BCUT2D eigenvalue weighted by atomic mass is 19.4. The zero-order valence-electron chi connectivity index (χ0n) is 12.4. The standard InChI is InChI=1S/C15H10F3N5O2/c16-15(17,18)25-12-4-1-3-10(7-12)13(24)22-11-8-19-14(20-9-11)23-6-2-5-21-23/h1-9H,(H,22,24). The number of halogens is 3. The van der Waals surface area contributed by atoms with Crippen LogP contribution in [0.2, 0.25) is 0 Å². The number of ether oxygens (including phenoxy) is 1. The fourth-order valence-electron chi connectivity index (χ4n) is 1.93. The van der Waals surface area contributed by atoms with Gasteiger partial charge < -0.3 is 10.1 Å². The number of alkyl halides is 3. The van der Waals surface area contributed by atoms with Crippen molar-refractivity contribution in [2.75, 3.05) is 5.32 Å². The number of nitrogens with zero attached hydrogens (tertiary/aromatic N) is 4. The summed E-state index contributed by atoms with van der Waals surface area (Å²) in [6, 6.07) is 6.44. The average Bonchev–Trinajstić information content (AvgIpc) is 3.08. The van der Waals surface area contributed by atoms with E-state index < -0.39 is 18.0 Å². The monoisotopic (exact) mass is 349 g/mol. The Hall–Kier alpha value is -3.43. The highest BCUT2D eigenvalue weighted by Gasteiger charge is 2.31. The first-order valence-electron chi connectivity index (χ1n) is 6.90. The third-order valence-corrected chi connectivity index (χ3v) is 2.94. The number of amides is 1. The molecule has 3 aromatic rings. The Kier molecular flexibility index (Phi) is 4.33. The topological polar surface area (TPSA) is 81.9 Å². The molecule has 0 spiro atoms. The first-order valence-corrected chi connectivity index (χ1v) is 6.90. The van der Waals surface area contributed by atoms with E-state index in [1.54, 1.807) is 18.5 Å². The maximum atomic E-state index is 12.2. The van der Waals surface area contributed by atoms with Crippen LogP contribution in [0.3, 0.4) is 0 Å². The van der Waals surface area contributed by atoms with Crippen molar-refractivity contribution in [3.8, 4) is 11.7 Å². The molecule has 0 unspecified atom stereocenters. The molecule has 2 aromatic heterocycles. The van der Waals surface area contributed by atoms with Crippen molar-refractivity contribution in [1.29, 1.82) is 0 Å². The number of carbonyl (C=O) groups is 1. The molecule has 0 fully saturated rings. The van der Waals surface area contributed by atoms with Crippen LogP contribution in [0.1, 0.15) is 10.4 Å². The van der Waals surface area contributed by atoms with Crippen LogP contribution in [0.4, 0.5) is 18.9 Å². The summed E-state index contributed by atoms with van der Waals surface area (Å²) in [5.74, 6) is -0.794. The number of rotatable bonds is 4. The van der Waals surface area contributed by atoms with Gasteiger partial charge in [0.1, 0.15) is 5.75 Å². The SMILES string of the molecule is O=C(Nc1cnc(-n2cccn2)nc1)c1cccc(OC(F)(F)F)c1. The van der Waals surface area contributed by atoms with E-state index in [0.717, 1.165) is 12.1 Å². The first-order chi connectivity index (χ1) is 11.9. The van der Waals surface area contributed by atoms with Crippen molar-refractivity contribution in [2.24, 2.45) is 0 Å². The second-order valence-electron chi connectivity index (χ2n) is 4.75. The molecule has 128 valence electrons. The van der Waals surface area contributed by atoms with Gasteiger partial charge in [-0.05, 0) is 24.3 Å². The van der Waals surface area contributed by atoms with E-state index in [9.17, 15) is 18.0 Å². The lowest BCUT2D eigenvalue weighted by atomic mass is 10.2. The summed E-state index contributed by atoms with van der Waals surface area (Å²) in [5.41, 5.74) is 0.279. The largest absolute Gasteiger partial charge is 0.573 e. The van der Waals surface area contributed by atoms with E-state index in [2.05, 4.69) is 25.1 Å². The molecule has 1 N–H and O–H groups in total. The van der Waals surface area contributed by atoms with Crippen molar-refractivity contribution in [3.63, 3.8) is 0 Å². The van der Waals surface area contributed by atoms with Crippen molar-refractivity contribution >= 4 is 11.6 Å². The number of aromatic nitrogens is 4. The minimum atomic E-state index is -4.83. The Labute approximate surface area is 139 Å². The Bertz CT molecular complexity index is 864. The lowest BCUT2D eigenvalue weighted by Crippen LogP contribution is -2.18. The maximum Gasteiger partial charge on any atom is 0.573 e. The van der Waals surface area contributed by atoms with E-state index in [1.807, 2.05) is 0 Å². The lowest BCUT2D eigenvalue weighted by Gasteiger charge is -2.10. The van der Waals surface area contributed by atoms with Gasteiger partial charge in [-0.1, -0.05) is 6.07 Å². The molecule has 7 nitrogen and oxygen atoms in total. The Morgan fingerprint density at radius 3 is 2.56 bits per heavy atom. The van der Waals surface area contributed by atoms with Crippen LogP contribution < -0.4 is 10.1 Å². The molecule has 0 bridgehead atoms. The summed E-state index contributed by atoms with van der Waals surface area (Å²) in [7, 11) is 0. The zero-order valence-corrected chi connectivity index (χ0v) is 12.4. The van der Waals surface area contributed by atoms with Crippen LogP contribution >= 0.6 is 0 Å². The van der Waals surface area contributed by atoms with Gasteiger partial charge in [0.2, 0.25) is 0 Å². The predicted octanol–water partition coefficient (Wildman–Crippen LogP) is 2.81. The summed E-state index contributed by atoms with van der Waals surface area (Å²) < 4.78 is 41.9. The minimum Gasteiger partial charge on any atom is -0.406 e. The fraction of sp³-hybridized carbons (Fsp3) is 0.0667. The molecule has 3 rings (SSSR count). The molecule has 25 heavy (non-hydrogen) atoms. The smallest absolute Gasteiger partial charge is 0.406 e. The van der Waals surface area contributed by atoms with E-state index >= 15 is 0 Å². The van der Waals surface area contributed by atoms with Crippen LogP contribution in [0.25, 0.3) is 5.95 Å². The van der Waals surface area contributed by atoms with Crippen molar-refractivity contribution < 1.29 is 22.7 Å². The molecule has 2 heterocycles. The second kappa shape index (κ2) is 6.59. The van der Waals surface area contributed by atoms with Gasteiger partial charge in [0.05, 0.1) is 18.1 Å². The van der Waals surface area contributed by atoms with Crippen molar-refractivity contribution in [2.45, 2.75) is 6.36 Å². The van der Waals surface area contributed by atoms with Crippen LogP contribution in [0.15, 0.2) is 55.1 Å². The number of benzene rings is 1. The van der Waals surface area contributed by atoms with Crippen molar-refractivity contribution in [3.05, 3.63) is 60.7 Å². The van der Waals surface area contributed by atoms with E-state index in [1.165, 1.54) is 29.2 Å². The Morgan fingerprint density at radius 1 is 1.16 bits per heavy atom. The van der Waals surface area contributed by atoms with Crippen LogP contribution in [-0.4, -0.2) is 32.0 Å². The number of carbonyl (C=O) groups excluding carboxylic acids is 1. The molecule has 0 aliphatic rings. The average molecular weight is 349 g/mol. The molecule has 1 aromatic carbocycles. The summed E-state index contributed by atoms with van der Waals surface area (Å²) in [4.78, 5) is 20.2.